The second-order valence-electron chi connectivity index (χ2n) is 5.87. The Bertz CT molecular complexity index is 1030. The minimum Gasteiger partial charge on any atom is -0.269 e. The molecule has 0 N–H and O–H groups in total. The van der Waals surface area contributed by atoms with Crippen molar-refractivity contribution in [1.82, 2.24) is 4.98 Å². The number of hydrazone groups is 1. The summed E-state index contributed by atoms with van der Waals surface area (Å²) in [6.45, 7) is 1.77. The van der Waals surface area contributed by atoms with Gasteiger partial charge in [0, 0.05) is 15.4 Å². The first kappa shape index (κ1) is 17.7. The minimum atomic E-state index is -0.724. The van der Waals surface area contributed by atoms with Crippen molar-refractivity contribution in [3.05, 3.63) is 64.5 Å². The predicted molar refractivity (Wildman–Crippen MR) is 111 cm³/mol. The molecule has 2 aromatic carbocycles. The number of carbonyl (C=O) groups excluding carboxylic acids is 1. The molecule has 0 bridgehead atoms. The molecular formula is C19H14BrN5OS. The maximum Gasteiger partial charge on any atom is 0.282 e. The molecule has 134 valence electrons. The quantitative estimate of drug-likeness (QED) is 0.507. The monoisotopic (exact) mass is 439 g/mol. The van der Waals surface area contributed by atoms with E-state index in [1.165, 1.54) is 16.3 Å². The molecule has 1 amide bonds. The van der Waals surface area contributed by atoms with Gasteiger partial charge in [-0.05, 0) is 31.2 Å². The molecule has 0 spiro atoms. The van der Waals surface area contributed by atoms with Crippen molar-refractivity contribution in [1.29, 1.82) is 0 Å². The normalized spacial score (nSPS) is 17.0. The molecule has 0 unspecified atom stereocenters. The van der Waals surface area contributed by atoms with E-state index < -0.39 is 6.04 Å². The van der Waals surface area contributed by atoms with Crippen LogP contribution in [0.1, 0.15) is 6.92 Å². The third-order valence-electron chi connectivity index (χ3n) is 3.95. The van der Waals surface area contributed by atoms with E-state index in [0.29, 0.717) is 16.5 Å². The first-order valence-electron chi connectivity index (χ1n) is 8.18. The van der Waals surface area contributed by atoms with Gasteiger partial charge in [-0.1, -0.05) is 46.3 Å². The Morgan fingerprint density at radius 2 is 1.85 bits per heavy atom. The van der Waals surface area contributed by atoms with E-state index in [1.54, 1.807) is 6.92 Å². The number of nitrogens with zero attached hydrogens (tertiary/aromatic N) is 5. The van der Waals surface area contributed by atoms with Crippen LogP contribution in [0.5, 0.6) is 0 Å². The zero-order valence-electron chi connectivity index (χ0n) is 14.3. The van der Waals surface area contributed by atoms with Gasteiger partial charge in [0.15, 0.2) is 6.04 Å². The van der Waals surface area contributed by atoms with Crippen LogP contribution in [0.2, 0.25) is 0 Å². The van der Waals surface area contributed by atoms with E-state index in [2.05, 4.69) is 36.2 Å². The number of anilines is 1. The van der Waals surface area contributed by atoms with Gasteiger partial charge in [0.1, 0.15) is 0 Å². The van der Waals surface area contributed by atoms with Crippen molar-refractivity contribution in [2.75, 3.05) is 5.01 Å². The summed E-state index contributed by atoms with van der Waals surface area (Å²) in [5, 5.41) is 16.5. The molecule has 0 aliphatic carbocycles. The fourth-order valence-electron chi connectivity index (χ4n) is 2.56. The summed E-state index contributed by atoms with van der Waals surface area (Å²) in [5.41, 5.74) is 3.09. The van der Waals surface area contributed by atoms with Crippen LogP contribution in [0.15, 0.2) is 79.8 Å². The first-order chi connectivity index (χ1) is 13.1. The molecular weight excluding hydrogens is 426 g/mol. The Kier molecular flexibility index (Phi) is 4.91. The van der Waals surface area contributed by atoms with Gasteiger partial charge in [-0.25, -0.2) is 4.98 Å². The van der Waals surface area contributed by atoms with Gasteiger partial charge in [0.2, 0.25) is 5.13 Å². The van der Waals surface area contributed by atoms with Crippen molar-refractivity contribution in [3.8, 4) is 11.3 Å². The van der Waals surface area contributed by atoms with E-state index in [1.807, 2.05) is 60.0 Å². The van der Waals surface area contributed by atoms with Gasteiger partial charge < -0.3 is 0 Å². The lowest BCUT2D eigenvalue weighted by Gasteiger charge is -2.08. The van der Waals surface area contributed by atoms with Gasteiger partial charge >= 0.3 is 0 Å². The molecule has 27 heavy (non-hydrogen) atoms. The molecule has 2 heterocycles. The average Bonchev–Trinajstić information content (AvgIpc) is 3.27. The molecule has 3 aromatic rings. The first-order valence-corrected chi connectivity index (χ1v) is 9.85. The van der Waals surface area contributed by atoms with Gasteiger partial charge in [-0.15, -0.1) is 11.3 Å². The van der Waals surface area contributed by atoms with Crippen LogP contribution in [0.3, 0.4) is 0 Å². The summed E-state index contributed by atoms with van der Waals surface area (Å²) < 4.78 is 0.959. The summed E-state index contributed by atoms with van der Waals surface area (Å²) in [4.78, 5) is 17.3. The molecule has 1 atom stereocenters. The molecule has 0 saturated carbocycles. The lowest BCUT2D eigenvalue weighted by molar-refractivity contribution is -0.117. The van der Waals surface area contributed by atoms with E-state index >= 15 is 0 Å². The highest BCUT2D eigenvalue weighted by Gasteiger charge is 2.36. The molecule has 0 radical (unpaired) electrons. The van der Waals surface area contributed by atoms with Crippen molar-refractivity contribution in [2.45, 2.75) is 13.0 Å². The lowest BCUT2D eigenvalue weighted by atomic mass is 10.2. The van der Waals surface area contributed by atoms with Crippen LogP contribution >= 0.6 is 27.3 Å². The topological polar surface area (TPSA) is 70.3 Å². The predicted octanol–water partition coefficient (Wildman–Crippen LogP) is 5.45. The Morgan fingerprint density at radius 3 is 2.59 bits per heavy atom. The molecule has 4 rings (SSSR count). The van der Waals surface area contributed by atoms with E-state index in [9.17, 15) is 4.79 Å². The van der Waals surface area contributed by atoms with Crippen LogP contribution in [0.4, 0.5) is 10.8 Å². The van der Waals surface area contributed by atoms with Crippen molar-refractivity contribution >= 4 is 49.7 Å². The molecule has 1 aromatic heterocycles. The van der Waals surface area contributed by atoms with Crippen molar-refractivity contribution in [3.63, 3.8) is 0 Å². The zero-order valence-corrected chi connectivity index (χ0v) is 16.7. The van der Waals surface area contributed by atoms with Gasteiger partial charge in [0.25, 0.3) is 5.91 Å². The zero-order chi connectivity index (χ0) is 18.8. The second-order valence-corrected chi connectivity index (χ2v) is 7.62. The molecule has 1 aliphatic heterocycles. The minimum absolute atomic E-state index is 0.248. The van der Waals surface area contributed by atoms with Crippen LogP contribution in [0.25, 0.3) is 11.3 Å². The number of benzene rings is 2. The maximum atomic E-state index is 12.8. The van der Waals surface area contributed by atoms with Gasteiger partial charge in [-0.3, -0.25) is 4.79 Å². The number of amides is 1. The number of hydrogen-bond acceptors (Lipinski definition) is 6. The number of aromatic nitrogens is 1. The van der Waals surface area contributed by atoms with Crippen LogP contribution in [-0.4, -0.2) is 22.6 Å². The summed E-state index contributed by atoms with van der Waals surface area (Å²) in [6, 6.07) is 16.5. The van der Waals surface area contributed by atoms with Crippen LogP contribution in [0, 0.1) is 0 Å². The molecule has 8 heteroatoms. The molecule has 6 nitrogen and oxygen atoms in total. The van der Waals surface area contributed by atoms with E-state index in [0.717, 1.165) is 15.7 Å². The van der Waals surface area contributed by atoms with Gasteiger partial charge in [-0.2, -0.15) is 20.3 Å². The highest BCUT2D eigenvalue weighted by atomic mass is 79.9. The largest absolute Gasteiger partial charge is 0.282 e. The third kappa shape index (κ3) is 3.72. The summed E-state index contributed by atoms with van der Waals surface area (Å²) >= 11 is 4.75. The lowest BCUT2D eigenvalue weighted by Crippen LogP contribution is -2.29. The SMILES string of the molecule is CC1=NN(c2nc(-c3ccccc3)cs2)C(=O)[C@H]1N=Nc1ccc(Br)cc1. The Hall–Kier alpha value is -2.71. The van der Waals surface area contributed by atoms with Crippen LogP contribution < -0.4 is 5.01 Å². The molecule has 0 saturated heterocycles. The summed E-state index contributed by atoms with van der Waals surface area (Å²) in [6.07, 6.45) is 0. The highest BCUT2D eigenvalue weighted by Crippen LogP contribution is 2.30. The van der Waals surface area contributed by atoms with Crippen molar-refractivity contribution in [2.24, 2.45) is 15.3 Å². The summed E-state index contributed by atoms with van der Waals surface area (Å²) in [5.74, 6) is -0.248. The Balaban J connectivity index is 1.54. The summed E-state index contributed by atoms with van der Waals surface area (Å²) in [7, 11) is 0. The number of hydrogen-bond donors (Lipinski definition) is 0. The van der Waals surface area contributed by atoms with Crippen LogP contribution in [-0.2, 0) is 4.79 Å². The Morgan fingerprint density at radius 1 is 1.11 bits per heavy atom. The molecule has 1 aliphatic rings. The van der Waals surface area contributed by atoms with E-state index in [-0.39, 0.29) is 5.91 Å². The average molecular weight is 440 g/mol. The number of halogens is 1. The fraction of sp³-hybridized carbons (Fsp3) is 0.105. The number of azo groups is 1. The molecule has 0 fully saturated rings. The van der Waals surface area contributed by atoms with E-state index in [4.69, 9.17) is 0 Å². The van der Waals surface area contributed by atoms with Gasteiger partial charge in [0.05, 0.1) is 17.1 Å². The second kappa shape index (κ2) is 7.50. The number of rotatable bonds is 4. The standard InChI is InChI=1S/C19H14BrN5OS/c1-12-17(23-22-15-9-7-14(20)8-10-15)18(26)25(24-12)19-21-16(11-27-19)13-5-3-2-4-6-13/h2-11,17H,1H3/t17-/m0/s1. The fourth-order valence-corrected chi connectivity index (χ4v) is 3.61. The Labute approximate surface area is 168 Å². The third-order valence-corrected chi connectivity index (χ3v) is 5.30. The maximum absolute atomic E-state index is 12.8. The number of thiazole rings is 1. The smallest absolute Gasteiger partial charge is 0.269 e. The highest BCUT2D eigenvalue weighted by molar-refractivity contribution is 9.10. The number of carbonyl (C=O) groups is 1. The van der Waals surface area contributed by atoms with Crippen molar-refractivity contribution < 1.29 is 4.79 Å².